The van der Waals surface area contributed by atoms with Gasteiger partial charge < -0.3 is 5.32 Å². The van der Waals surface area contributed by atoms with Crippen molar-refractivity contribution < 1.29 is 22.6 Å². The molecule has 16 heteroatoms. The highest BCUT2D eigenvalue weighted by Gasteiger charge is 2.36. The molecule has 0 amide bonds. The van der Waals surface area contributed by atoms with E-state index < -0.39 is 16.0 Å². The van der Waals surface area contributed by atoms with Crippen LogP contribution in [0.5, 0.6) is 0 Å². The lowest BCUT2D eigenvalue weighted by Gasteiger charge is -2.20. The van der Waals surface area contributed by atoms with Crippen molar-refractivity contribution in [1.29, 1.82) is 0 Å². The van der Waals surface area contributed by atoms with Crippen LogP contribution in [-0.4, -0.2) is 65.2 Å². The lowest BCUT2D eigenvalue weighted by Crippen LogP contribution is -2.36. The summed E-state index contributed by atoms with van der Waals surface area (Å²) in [5.74, 6) is -0.437. The van der Waals surface area contributed by atoms with Crippen LogP contribution in [0.4, 0.5) is 21.6 Å². The third-order valence-corrected chi connectivity index (χ3v) is 7.78. The zero-order valence-corrected chi connectivity index (χ0v) is 21.2. The van der Waals surface area contributed by atoms with Gasteiger partial charge in [0.15, 0.2) is 11.5 Å². The summed E-state index contributed by atoms with van der Waals surface area (Å²) >= 11 is 6.32. The largest absolute Gasteiger partial charge is 0.364 e. The molecule has 34 heavy (non-hydrogen) atoms. The Bertz CT molecular complexity index is 1320. The number of amidine groups is 1. The van der Waals surface area contributed by atoms with Crippen LogP contribution in [0.1, 0.15) is 5.69 Å². The molecule has 0 saturated carbocycles. The van der Waals surface area contributed by atoms with E-state index in [1.807, 2.05) is 5.48 Å². The number of hydrogen-bond acceptors (Lipinski definition) is 9. The average Bonchev–Trinajstić information content (AvgIpc) is 3.38. The van der Waals surface area contributed by atoms with Crippen LogP contribution in [0.3, 0.4) is 0 Å². The van der Waals surface area contributed by atoms with Crippen molar-refractivity contribution in [2.75, 3.05) is 35.8 Å². The van der Waals surface area contributed by atoms with Crippen LogP contribution in [0.25, 0.3) is 0 Å². The number of benzene rings is 1. The molecule has 4 rings (SSSR count). The van der Waals surface area contributed by atoms with E-state index in [2.05, 4.69) is 57.5 Å². The number of rotatable bonds is 7. The van der Waals surface area contributed by atoms with E-state index in [9.17, 15) is 18.0 Å². The minimum absolute atomic E-state index is 0.0514. The maximum Gasteiger partial charge on any atom is 0.304 e. The van der Waals surface area contributed by atoms with Gasteiger partial charge in [-0.15, -0.1) is 0 Å². The van der Waals surface area contributed by atoms with Gasteiger partial charge in [-0.3, -0.25) is 15.0 Å². The number of nitrogens with one attached hydrogen (secondary N) is 2. The topological polar surface area (TPSA) is 149 Å². The first kappa shape index (κ1) is 24.5. The maximum absolute atomic E-state index is 13.5. The first-order valence-electron chi connectivity index (χ1n) is 9.69. The number of hydroxylamine groups is 1. The van der Waals surface area contributed by atoms with E-state index in [-0.39, 0.29) is 34.9 Å². The second-order valence-corrected chi connectivity index (χ2v) is 10.4. The SMILES string of the molecule is O=S1(=O)N(CCNc2nonc2C(=Nc2ccc(F)c(Br)c2)NO)CCN1c1ccnc(Br)c1. The summed E-state index contributed by atoms with van der Waals surface area (Å²) in [6, 6.07) is 7.29. The molecule has 180 valence electrons. The molecule has 1 saturated heterocycles. The number of hydrogen-bond donors (Lipinski definition) is 3. The molecule has 0 unspecified atom stereocenters. The van der Waals surface area contributed by atoms with Gasteiger partial charge in [0.1, 0.15) is 10.4 Å². The van der Waals surface area contributed by atoms with Crippen molar-refractivity contribution in [3.05, 3.63) is 57.1 Å². The molecule has 3 N–H and O–H groups in total. The van der Waals surface area contributed by atoms with E-state index in [1.165, 1.54) is 33.0 Å². The first-order chi connectivity index (χ1) is 16.3. The summed E-state index contributed by atoms with van der Waals surface area (Å²) in [6.07, 6.45) is 1.53. The fourth-order valence-corrected chi connectivity index (χ4v) is 5.51. The monoisotopic (exact) mass is 618 g/mol. The van der Waals surface area contributed by atoms with Crippen LogP contribution < -0.4 is 15.1 Å². The van der Waals surface area contributed by atoms with E-state index in [4.69, 9.17) is 4.63 Å². The third kappa shape index (κ3) is 5.20. The van der Waals surface area contributed by atoms with Gasteiger partial charge in [-0.2, -0.15) is 12.7 Å². The minimum Gasteiger partial charge on any atom is -0.364 e. The average molecular weight is 620 g/mol. The number of anilines is 2. The Morgan fingerprint density at radius 1 is 1.24 bits per heavy atom. The summed E-state index contributed by atoms with van der Waals surface area (Å²) in [7, 11) is -3.71. The summed E-state index contributed by atoms with van der Waals surface area (Å²) < 4.78 is 47.4. The Kier molecular flexibility index (Phi) is 7.42. The molecular formula is C18H17Br2FN8O4S. The zero-order valence-electron chi connectivity index (χ0n) is 17.2. The summed E-state index contributed by atoms with van der Waals surface area (Å²) in [4.78, 5) is 8.19. The first-order valence-corrected chi connectivity index (χ1v) is 12.7. The van der Waals surface area contributed by atoms with E-state index in [0.717, 1.165) is 0 Å². The lowest BCUT2D eigenvalue weighted by atomic mass is 10.3. The molecule has 1 aromatic carbocycles. The Balaban J connectivity index is 1.43. The molecule has 3 heterocycles. The lowest BCUT2D eigenvalue weighted by molar-refractivity contribution is 0.234. The van der Waals surface area contributed by atoms with Crippen molar-refractivity contribution in [2.24, 2.45) is 4.99 Å². The molecular weight excluding hydrogens is 603 g/mol. The number of pyridine rings is 1. The Hall–Kier alpha value is -2.66. The number of nitrogens with zero attached hydrogens (tertiary/aromatic N) is 6. The molecule has 2 aromatic heterocycles. The molecule has 0 bridgehead atoms. The third-order valence-electron chi connectivity index (χ3n) is 4.77. The predicted octanol–water partition coefficient (Wildman–Crippen LogP) is 2.66. The van der Waals surface area contributed by atoms with Crippen LogP contribution >= 0.6 is 31.9 Å². The van der Waals surface area contributed by atoms with Crippen LogP contribution in [-0.2, 0) is 10.2 Å². The molecule has 0 radical (unpaired) electrons. The van der Waals surface area contributed by atoms with Gasteiger partial charge in [0, 0.05) is 32.4 Å². The van der Waals surface area contributed by atoms with Gasteiger partial charge in [0.05, 0.1) is 15.8 Å². The van der Waals surface area contributed by atoms with Gasteiger partial charge in [-0.1, -0.05) is 0 Å². The van der Waals surface area contributed by atoms with Crippen LogP contribution in [0.2, 0.25) is 0 Å². The Morgan fingerprint density at radius 2 is 2.06 bits per heavy atom. The quantitative estimate of drug-likeness (QED) is 0.157. The molecule has 1 fully saturated rings. The molecule has 1 aliphatic rings. The van der Waals surface area contributed by atoms with Crippen molar-refractivity contribution >= 4 is 65.1 Å². The van der Waals surface area contributed by atoms with Crippen molar-refractivity contribution in [3.63, 3.8) is 0 Å². The molecule has 0 atom stereocenters. The van der Waals surface area contributed by atoms with Gasteiger partial charge >= 0.3 is 10.2 Å². The zero-order chi connectivity index (χ0) is 24.3. The van der Waals surface area contributed by atoms with E-state index in [1.54, 1.807) is 12.1 Å². The second-order valence-electron chi connectivity index (χ2n) is 6.87. The van der Waals surface area contributed by atoms with E-state index in [0.29, 0.717) is 29.1 Å². The Labute approximate surface area is 210 Å². The maximum atomic E-state index is 13.5. The molecule has 12 nitrogen and oxygen atoms in total. The normalized spacial score (nSPS) is 16.1. The number of halogens is 3. The van der Waals surface area contributed by atoms with Crippen molar-refractivity contribution in [3.8, 4) is 0 Å². The van der Waals surface area contributed by atoms with Crippen molar-refractivity contribution in [1.82, 2.24) is 25.1 Å². The van der Waals surface area contributed by atoms with E-state index >= 15 is 0 Å². The van der Waals surface area contributed by atoms with Gasteiger partial charge in [0.25, 0.3) is 0 Å². The smallest absolute Gasteiger partial charge is 0.304 e. The number of aromatic nitrogens is 3. The Morgan fingerprint density at radius 3 is 2.79 bits per heavy atom. The second kappa shape index (κ2) is 10.3. The number of aliphatic imine (C=N–C) groups is 1. The molecule has 0 aliphatic carbocycles. The molecule has 1 aliphatic heterocycles. The fourth-order valence-electron chi connectivity index (χ4n) is 3.18. The minimum atomic E-state index is -3.71. The van der Waals surface area contributed by atoms with Gasteiger partial charge in [-0.25, -0.2) is 19.0 Å². The summed E-state index contributed by atoms with van der Waals surface area (Å²) in [5.41, 5.74) is 2.81. The summed E-state index contributed by atoms with van der Waals surface area (Å²) in [6.45, 7) is 0.919. The van der Waals surface area contributed by atoms with Gasteiger partial charge in [-0.05, 0) is 72.5 Å². The highest BCUT2D eigenvalue weighted by molar-refractivity contribution is 9.10. The van der Waals surface area contributed by atoms with Crippen molar-refractivity contribution in [2.45, 2.75) is 0 Å². The van der Waals surface area contributed by atoms with Crippen LogP contribution in [0.15, 0.2) is 55.2 Å². The van der Waals surface area contributed by atoms with Crippen LogP contribution in [0, 0.1) is 5.82 Å². The highest BCUT2D eigenvalue weighted by atomic mass is 79.9. The highest BCUT2D eigenvalue weighted by Crippen LogP contribution is 2.27. The molecule has 3 aromatic rings. The van der Waals surface area contributed by atoms with Gasteiger partial charge in [0.2, 0.25) is 5.82 Å². The standard InChI is InChI=1S/C18H17Br2FN8O4S/c19-13-9-11(1-2-14(13)21)24-18(25-30)16-17(27-33-26-16)23-5-6-28-7-8-29(34(28,31)32)12-3-4-22-15(20)10-12/h1-4,9-10,30H,5-8H2,(H,23,27)(H,24,25). The predicted molar refractivity (Wildman–Crippen MR) is 128 cm³/mol. The fraction of sp³-hybridized carbons (Fsp3) is 0.222. The summed E-state index contributed by atoms with van der Waals surface area (Å²) in [5, 5.41) is 19.9. The molecule has 0 spiro atoms.